The van der Waals surface area contributed by atoms with Crippen molar-refractivity contribution in [2.75, 3.05) is 11.8 Å². The van der Waals surface area contributed by atoms with E-state index in [1.54, 1.807) is 6.92 Å². The van der Waals surface area contributed by atoms with Gasteiger partial charge in [-0.2, -0.15) is 0 Å². The number of amides is 1. The minimum Gasteiger partial charge on any atom is -0.481 e. The molecule has 0 radical (unpaired) electrons. The normalized spacial score (nSPS) is 12.9. The zero-order valence-corrected chi connectivity index (χ0v) is 16.2. The summed E-state index contributed by atoms with van der Waals surface area (Å²) in [5.74, 6) is 0.0267. The Balaban J connectivity index is 2.13. The highest BCUT2D eigenvalue weighted by molar-refractivity contribution is 7.92. The molecule has 1 atom stereocenters. The number of hydrogen-bond acceptors (Lipinski definition) is 6. The van der Waals surface area contributed by atoms with E-state index in [0.717, 1.165) is 0 Å². The number of ether oxygens (including phenoxy) is 1. The largest absolute Gasteiger partial charge is 0.481 e. The zero-order chi connectivity index (χ0) is 20.2. The van der Waals surface area contributed by atoms with Crippen molar-refractivity contribution >= 4 is 31.6 Å². The van der Waals surface area contributed by atoms with E-state index in [9.17, 15) is 21.6 Å². The monoisotopic (exact) mass is 413 g/mol. The molecule has 4 N–H and O–H groups in total. The molecular weight excluding hydrogens is 394 g/mol. The van der Waals surface area contributed by atoms with E-state index in [1.165, 1.54) is 55.6 Å². The Labute approximate surface area is 157 Å². The van der Waals surface area contributed by atoms with Crippen LogP contribution in [-0.4, -0.2) is 35.9 Å². The molecule has 2 aromatic carbocycles. The molecule has 146 valence electrons. The number of benzene rings is 2. The molecule has 2 aromatic rings. The summed E-state index contributed by atoms with van der Waals surface area (Å²) in [7, 11) is -6.27. The summed E-state index contributed by atoms with van der Waals surface area (Å²) in [5, 5.41) is 7.44. The Hall–Kier alpha value is -2.63. The smallest absolute Gasteiger partial charge is 0.261 e. The number of rotatable bonds is 7. The van der Waals surface area contributed by atoms with Gasteiger partial charge in [-0.25, -0.2) is 22.0 Å². The molecule has 9 nitrogen and oxygen atoms in total. The van der Waals surface area contributed by atoms with Gasteiger partial charge in [-0.15, -0.1) is 0 Å². The van der Waals surface area contributed by atoms with E-state index in [2.05, 4.69) is 10.0 Å². The zero-order valence-electron chi connectivity index (χ0n) is 14.5. The molecule has 2 rings (SSSR count). The van der Waals surface area contributed by atoms with Gasteiger partial charge in [0.15, 0.2) is 6.10 Å². The molecule has 0 aromatic heterocycles. The maximum atomic E-state index is 12.4. The molecule has 0 aliphatic rings. The Kier molecular flexibility index (Phi) is 6.08. The number of nitrogens with two attached hydrogens (primary N) is 1. The fourth-order valence-electron chi connectivity index (χ4n) is 2.09. The molecule has 27 heavy (non-hydrogen) atoms. The van der Waals surface area contributed by atoms with Crippen LogP contribution in [0.2, 0.25) is 0 Å². The molecule has 0 aliphatic heterocycles. The average molecular weight is 413 g/mol. The quantitative estimate of drug-likeness (QED) is 0.608. The third-order valence-corrected chi connectivity index (χ3v) is 5.82. The van der Waals surface area contributed by atoms with Crippen molar-refractivity contribution in [1.29, 1.82) is 0 Å². The first-order valence-corrected chi connectivity index (χ1v) is 10.7. The second kappa shape index (κ2) is 7.94. The predicted octanol–water partition coefficient (Wildman–Crippen LogP) is 0.648. The van der Waals surface area contributed by atoms with E-state index >= 15 is 0 Å². The van der Waals surface area contributed by atoms with E-state index in [4.69, 9.17) is 9.88 Å². The fraction of sp³-hybridized carbons (Fsp3) is 0.188. The molecule has 0 aliphatic carbocycles. The Morgan fingerprint density at radius 2 is 1.48 bits per heavy atom. The number of hydrogen-bond donors (Lipinski definition) is 3. The molecule has 0 heterocycles. The topological polar surface area (TPSA) is 145 Å². The van der Waals surface area contributed by atoms with Crippen LogP contribution in [0.1, 0.15) is 6.92 Å². The second-order valence-corrected chi connectivity index (χ2v) is 8.76. The lowest BCUT2D eigenvalue weighted by atomic mass is 10.3. The summed E-state index contributed by atoms with van der Waals surface area (Å²) in [6.07, 6.45) is -0.729. The predicted molar refractivity (Wildman–Crippen MR) is 99.2 cm³/mol. The summed E-state index contributed by atoms with van der Waals surface area (Å²) < 4.78 is 55.0. The molecular formula is C16H19N3O6S2. The number of nitrogens with one attached hydrogen (secondary N) is 2. The van der Waals surface area contributed by atoms with Gasteiger partial charge in [0.25, 0.3) is 15.9 Å². The summed E-state index contributed by atoms with van der Waals surface area (Å²) in [4.78, 5) is 11.3. The Morgan fingerprint density at radius 3 is 1.96 bits per heavy atom. The summed E-state index contributed by atoms with van der Waals surface area (Å²) >= 11 is 0. The van der Waals surface area contributed by atoms with E-state index in [-0.39, 0.29) is 21.4 Å². The van der Waals surface area contributed by atoms with Gasteiger partial charge in [0.05, 0.1) is 9.79 Å². The number of carbonyl (C=O) groups is 1. The van der Waals surface area contributed by atoms with Gasteiger partial charge in [-0.1, -0.05) is 0 Å². The van der Waals surface area contributed by atoms with Crippen molar-refractivity contribution in [1.82, 2.24) is 5.32 Å². The fourth-order valence-corrected chi connectivity index (χ4v) is 3.66. The minimum atomic E-state index is -3.89. The van der Waals surface area contributed by atoms with Gasteiger partial charge in [-0.3, -0.25) is 9.52 Å². The maximum absolute atomic E-state index is 12.4. The van der Waals surface area contributed by atoms with Crippen LogP contribution in [-0.2, 0) is 24.8 Å². The van der Waals surface area contributed by atoms with Crippen LogP contribution in [0.15, 0.2) is 58.3 Å². The number of likely N-dealkylation sites (N-methyl/N-ethyl adjacent to an activating group) is 1. The summed E-state index contributed by atoms with van der Waals surface area (Å²) in [6, 6.07) is 10.5. The summed E-state index contributed by atoms with van der Waals surface area (Å²) in [6.45, 7) is 1.57. The van der Waals surface area contributed by atoms with Gasteiger partial charge in [-0.05, 0) is 55.5 Å². The third kappa shape index (κ3) is 5.42. The van der Waals surface area contributed by atoms with Crippen molar-refractivity contribution in [3.8, 4) is 5.75 Å². The number of primary sulfonamides is 1. The van der Waals surface area contributed by atoms with E-state index in [0.29, 0.717) is 5.75 Å². The highest BCUT2D eigenvalue weighted by Crippen LogP contribution is 2.21. The number of carbonyl (C=O) groups excluding carboxylic acids is 1. The van der Waals surface area contributed by atoms with Gasteiger partial charge in [0, 0.05) is 12.7 Å². The first kappa shape index (κ1) is 20.7. The molecule has 0 saturated carbocycles. The van der Waals surface area contributed by atoms with Crippen LogP contribution in [0.25, 0.3) is 0 Å². The first-order chi connectivity index (χ1) is 12.5. The number of anilines is 1. The van der Waals surface area contributed by atoms with Gasteiger partial charge < -0.3 is 10.1 Å². The van der Waals surface area contributed by atoms with Crippen LogP contribution in [0.3, 0.4) is 0 Å². The van der Waals surface area contributed by atoms with Crippen molar-refractivity contribution in [2.24, 2.45) is 5.14 Å². The molecule has 0 saturated heterocycles. The standard InChI is InChI=1S/C16H19N3O6S2/c1-11(16(20)18-2)25-13-5-9-15(10-6-13)27(23,24)19-12-3-7-14(8-4-12)26(17,21)22/h3-11,19H,1-2H3,(H,18,20)(H2,17,21,22)/t11-/m0/s1. The van der Waals surface area contributed by atoms with Crippen LogP contribution >= 0.6 is 0 Å². The van der Waals surface area contributed by atoms with Gasteiger partial charge >= 0.3 is 0 Å². The van der Waals surface area contributed by atoms with Gasteiger partial charge in [0.2, 0.25) is 10.0 Å². The first-order valence-electron chi connectivity index (χ1n) is 7.67. The minimum absolute atomic E-state index is 0.0297. The highest BCUT2D eigenvalue weighted by Gasteiger charge is 2.17. The average Bonchev–Trinajstić information content (AvgIpc) is 2.60. The highest BCUT2D eigenvalue weighted by atomic mass is 32.2. The van der Waals surface area contributed by atoms with Gasteiger partial charge in [0.1, 0.15) is 5.75 Å². The van der Waals surface area contributed by atoms with Crippen molar-refractivity contribution in [2.45, 2.75) is 22.8 Å². The molecule has 1 amide bonds. The lowest BCUT2D eigenvalue weighted by Gasteiger charge is -2.14. The third-order valence-electron chi connectivity index (χ3n) is 3.50. The molecule has 11 heteroatoms. The molecule has 0 fully saturated rings. The lowest BCUT2D eigenvalue weighted by Crippen LogP contribution is -2.33. The Bertz CT molecular complexity index is 1020. The second-order valence-electron chi connectivity index (χ2n) is 5.52. The van der Waals surface area contributed by atoms with Crippen molar-refractivity contribution in [3.63, 3.8) is 0 Å². The molecule has 0 spiro atoms. The lowest BCUT2D eigenvalue weighted by molar-refractivity contribution is -0.126. The summed E-state index contributed by atoms with van der Waals surface area (Å²) in [5.41, 5.74) is 0.177. The van der Waals surface area contributed by atoms with Crippen LogP contribution in [0.5, 0.6) is 5.75 Å². The van der Waals surface area contributed by atoms with Crippen LogP contribution in [0, 0.1) is 0 Å². The van der Waals surface area contributed by atoms with E-state index in [1.807, 2.05) is 0 Å². The number of sulfonamides is 2. The van der Waals surface area contributed by atoms with Crippen LogP contribution in [0.4, 0.5) is 5.69 Å². The SMILES string of the molecule is CNC(=O)[C@H](C)Oc1ccc(S(=O)(=O)Nc2ccc(S(N)(=O)=O)cc2)cc1. The van der Waals surface area contributed by atoms with E-state index < -0.39 is 26.2 Å². The molecule has 0 bridgehead atoms. The van der Waals surface area contributed by atoms with Crippen molar-refractivity contribution < 1.29 is 26.4 Å². The molecule has 0 unspecified atom stereocenters. The maximum Gasteiger partial charge on any atom is 0.261 e. The van der Waals surface area contributed by atoms with Crippen molar-refractivity contribution in [3.05, 3.63) is 48.5 Å². The van der Waals surface area contributed by atoms with Crippen LogP contribution < -0.4 is 19.9 Å². The Morgan fingerprint density at radius 1 is 0.963 bits per heavy atom.